The molecule has 0 fully saturated rings. The smallest absolute Gasteiger partial charge is 0.243 e. The monoisotopic (exact) mass is 332 g/mol. The number of nitrogens with two attached hydrogens (primary N) is 1. The van der Waals surface area contributed by atoms with E-state index in [9.17, 15) is 8.42 Å². The van der Waals surface area contributed by atoms with E-state index in [1.165, 1.54) is 6.20 Å². The van der Waals surface area contributed by atoms with E-state index in [4.69, 9.17) is 5.73 Å². The minimum Gasteiger partial charge on any atom is -0.345 e. The van der Waals surface area contributed by atoms with Crippen LogP contribution in [-0.4, -0.2) is 31.0 Å². The number of H-pyrrole nitrogens is 1. The van der Waals surface area contributed by atoms with Crippen LogP contribution in [0.3, 0.4) is 0 Å². The zero-order valence-electron chi connectivity index (χ0n) is 11.9. The van der Waals surface area contributed by atoms with Gasteiger partial charge in [0.05, 0.1) is 0 Å². The Balaban J connectivity index is 0.00000220. The molecule has 0 radical (unpaired) electrons. The molecule has 2 rings (SSSR count). The third kappa shape index (κ3) is 4.16. The molecule has 4 N–H and O–H groups in total. The first-order chi connectivity index (χ1) is 9.58. The summed E-state index contributed by atoms with van der Waals surface area (Å²) in [5.74, 6) is 0. The number of sulfonamides is 1. The average molecular weight is 333 g/mol. The van der Waals surface area contributed by atoms with Gasteiger partial charge in [-0.2, -0.15) is 0 Å². The number of rotatable bonds is 7. The van der Waals surface area contributed by atoms with Crippen molar-refractivity contribution < 1.29 is 8.42 Å². The molecular weight excluding hydrogens is 312 g/mol. The molecule has 0 bridgehead atoms. The van der Waals surface area contributed by atoms with Gasteiger partial charge in [0.2, 0.25) is 10.0 Å². The van der Waals surface area contributed by atoms with Gasteiger partial charge in [0.25, 0.3) is 0 Å². The molecule has 118 valence electrons. The second kappa shape index (κ2) is 7.74. The molecule has 2 aromatic heterocycles. The number of halogens is 1. The second-order valence-corrected chi connectivity index (χ2v) is 6.43. The van der Waals surface area contributed by atoms with Gasteiger partial charge < -0.3 is 10.7 Å². The van der Waals surface area contributed by atoms with Crippen LogP contribution >= 0.6 is 12.4 Å². The Morgan fingerprint density at radius 2 is 2.24 bits per heavy atom. The van der Waals surface area contributed by atoms with Gasteiger partial charge in [0.1, 0.15) is 10.5 Å². The Labute approximate surface area is 131 Å². The van der Waals surface area contributed by atoms with Crippen molar-refractivity contribution in [3.8, 4) is 0 Å². The molecule has 2 heterocycles. The summed E-state index contributed by atoms with van der Waals surface area (Å²) in [6.07, 6.45) is 5.78. The summed E-state index contributed by atoms with van der Waals surface area (Å²) in [4.78, 5) is 7.18. The number of aromatic nitrogens is 2. The number of nitrogens with one attached hydrogen (secondary N) is 2. The van der Waals surface area contributed by atoms with Gasteiger partial charge in [-0.1, -0.05) is 19.8 Å². The molecule has 0 aromatic carbocycles. The van der Waals surface area contributed by atoms with Crippen molar-refractivity contribution in [3.63, 3.8) is 0 Å². The molecule has 1 atom stereocenters. The van der Waals surface area contributed by atoms with E-state index in [0.717, 1.165) is 19.3 Å². The fraction of sp³-hybridized carbons (Fsp3) is 0.462. The largest absolute Gasteiger partial charge is 0.345 e. The van der Waals surface area contributed by atoms with E-state index in [1.54, 1.807) is 18.3 Å². The summed E-state index contributed by atoms with van der Waals surface area (Å²) in [7, 11) is -3.59. The Hall–Kier alpha value is -1.15. The first kappa shape index (κ1) is 17.9. The maximum absolute atomic E-state index is 12.4. The zero-order chi connectivity index (χ0) is 14.6. The number of hydrogen-bond donors (Lipinski definition) is 3. The minimum atomic E-state index is -3.59. The Kier molecular flexibility index (Phi) is 6.60. The molecule has 0 saturated carbocycles. The second-order valence-electron chi connectivity index (χ2n) is 4.75. The summed E-state index contributed by atoms with van der Waals surface area (Å²) in [6.45, 7) is 2.35. The molecule has 2 aromatic rings. The molecule has 0 aliphatic rings. The van der Waals surface area contributed by atoms with Crippen molar-refractivity contribution in [3.05, 3.63) is 24.5 Å². The molecule has 0 saturated heterocycles. The van der Waals surface area contributed by atoms with Gasteiger partial charge in [0.15, 0.2) is 0 Å². The van der Waals surface area contributed by atoms with Crippen molar-refractivity contribution >= 4 is 33.5 Å². The molecule has 6 nitrogen and oxygen atoms in total. The van der Waals surface area contributed by atoms with Crippen molar-refractivity contribution in [1.82, 2.24) is 14.7 Å². The first-order valence-corrected chi connectivity index (χ1v) is 8.21. The third-order valence-corrected chi connectivity index (χ3v) is 4.78. The Morgan fingerprint density at radius 3 is 2.90 bits per heavy atom. The molecular formula is C13H21ClN4O2S. The van der Waals surface area contributed by atoms with Crippen LogP contribution < -0.4 is 10.5 Å². The topological polar surface area (TPSA) is 101 Å². The van der Waals surface area contributed by atoms with Crippen LogP contribution in [0.4, 0.5) is 0 Å². The highest BCUT2D eigenvalue weighted by atomic mass is 35.5. The molecule has 0 amide bonds. The quantitative estimate of drug-likeness (QED) is 0.719. The molecule has 0 aliphatic carbocycles. The fourth-order valence-corrected chi connectivity index (χ4v) is 3.56. The number of aromatic amines is 1. The SMILES string of the molecule is CCCCC(CN)NS(=O)(=O)c1c[nH]c2ncccc12.Cl. The van der Waals surface area contributed by atoms with Crippen LogP contribution in [-0.2, 0) is 10.0 Å². The Bertz CT molecular complexity index is 672. The van der Waals surface area contributed by atoms with Gasteiger partial charge in [-0.05, 0) is 18.6 Å². The van der Waals surface area contributed by atoms with Crippen LogP contribution in [0.25, 0.3) is 11.0 Å². The molecule has 0 spiro atoms. The molecule has 0 aliphatic heterocycles. The lowest BCUT2D eigenvalue weighted by atomic mass is 10.1. The van der Waals surface area contributed by atoms with Crippen molar-refractivity contribution in [2.24, 2.45) is 5.73 Å². The number of pyridine rings is 1. The lowest BCUT2D eigenvalue weighted by molar-refractivity contribution is 0.517. The van der Waals surface area contributed by atoms with Gasteiger partial charge >= 0.3 is 0 Å². The number of unbranched alkanes of at least 4 members (excludes halogenated alkanes) is 1. The van der Waals surface area contributed by atoms with E-state index in [2.05, 4.69) is 21.6 Å². The van der Waals surface area contributed by atoms with E-state index in [-0.39, 0.29) is 23.3 Å². The van der Waals surface area contributed by atoms with E-state index < -0.39 is 10.0 Å². The van der Waals surface area contributed by atoms with Crippen LogP contribution in [0, 0.1) is 0 Å². The van der Waals surface area contributed by atoms with Crippen molar-refractivity contribution in [2.45, 2.75) is 37.1 Å². The van der Waals surface area contributed by atoms with Crippen LogP contribution in [0.5, 0.6) is 0 Å². The molecule has 21 heavy (non-hydrogen) atoms. The molecule has 8 heteroatoms. The predicted molar refractivity (Wildman–Crippen MR) is 86.0 cm³/mol. The summed E-state index contributed by atoms with van der Waals surface area (Å²) >= 11 is 0. The standard InChI is InChI=1S/C13H20N4O2S.ClH/c1-2-3-5-10(8-14)17-20(18,19)12-9-16-13-11(12)6-4-7-15-13;/h4,6-7,9-10,17H,2-3,5,8,14H2,1H3,(H,15,16);1H. The highest BCUT2D eigenvalue weighted by Crippen LogP contribution is 2.21. The van der Waals surface area contributed by atoms with Crippen molar-refractivity contribution in [1.29, 1.82) is 0 Å². The van der Waals surface area contributed by atoms with E-state index >= 15 is 0 Å². The average Bonchev–Trinajstić information content (AvgIpc) is 2.88. The van der Waals surface area contributed by atoms with Crippen molar-refractivity contribution in [2.75, 3.05) is 6.54 Å². The summed E-state index contributed by atoms with van der Waals surface area (Å²) < 4.78 is 27.5. The normalized spacial score (nSPS) is 13.0. The van der Waals surface area contributed by atoms with Crippen LogP contribution in [0.15, 0.2) is 29.4 Å². The van der Waals surface area contributed by atoms with Crippen LogP contribution in [0.2, 0.25) is 0 Å². The first-order valence-electron chi connectivity index (χ1n) is 6.73. The maximum atomic E-state index is 12.4. The summed E-state index contributed by atoms with van der Waals surface area (Å²) in [5.41, 5.74) is 6.20. The highest BCUT2D eigenvalue weighted by molar-refractivity contribution is 7.89. The predicted octanol–water partition coefficient (Wildman–Crippen LogP) is 1.78. The maximum Gasteiger partial charge on any atom is 0.243 e. The molecule has 1 unspecified atom stereocenters. The lowest BCUT2D eigenvalue weighted by Crippen LogP contribution is -2.40. The minimum absolute atomic E-state index is 0. The third-order valence-electron chi connectivity index (χ3n) is 3.22. The lowest BCUT2D eigenvalue weighted by Gasteiger charge is -2.16. The van der Waals surface area contributed by atoms with Gasteiger partial charge in [-0.15, -0.1) is 12.4 Å². The number of nitrogens with zero attached hydrogens (tertiary/aromatic N) is 1. The number of fused-ring (bicyclic) bond motifs is 1. The van der Waals surface area contributed by atoms with Crippen LogP contribution in [0.1, 0.15) is 26.2 Å². The van der Waals surface area contributed by atoms with Gasteiger partial charge in [-0.3, -0.25) is 0 Å². The fourth-order valence-electron chi connectivity index (χ4n) is 2.11. The Morgan fingerprint density at radius 1 is 1.48 bits per heavy atom. The zero-order valence-corrected chi connectivity index (χ0v) is 13.5. The van der Waals surface area contributed by atoms with E-state index in [0.29, 0.717) is 17.6 Å². The highest BCUT2D eigenvalue weighted by Gasteiger charge is 2.22. The summed E-state index contributed by atoms with van der Waals surface area (Å²) in [5, 5.41) is 0.589. The summed E-state index contributed by atoms with van der Waals surface area (Å²) in [6, 6.07) is 3.21. The number of hydrogen-bond acceptors (Lipinski definition) is 4. The van der Waals surface area contributed by atoms with Gasteiger partial charge in [-0.25, -0.2) is 18.1 Å². The van der Waals surface area contributed by atoms with E-state index in [1.807, 2.05) is 0 Å². The van der Waals surface area contributed by atoms with Gasteiger partial charge in [0, 0.05) is 30.4 Å².